The van der Waals surface area contributed by atoms with E-state index in [9.17, 15) is 9.18 Å². The van der Waals surface area contributed by atoms with Crippen molar-refractivity contribution in [1.82, 2.24) is 10.2 Å². The molecule has 29 heavy (non-hydrogen) atoms. The summed E-state index contributed by atoms with van der Waals surface area (Å²) in [6.07, 6.45) is 1.87. The second-order valence-corrected chi connectivity index (χ2v) is 7.60. The molecule has 1 amide bonds. The molecular weight excluding hydrogens is 371 g/mol. The van der Waals surface area contributed by atoms with Gasteiger partial charge in [-0.15, -0.1) is 0 Å². The van der Waals surface area contributed by atoms with Crippen LogP contribution in [0.4, 0.5) is 4.39 Å². The maximum Gasteiger partial charge on any atom is 0.224 e. The minimum atomic E-state index is -0.226. The summed E-state index contributed by atoms with van der Waals surface area (Å²) in [5, 5.41) is 3.07. The molecule has 1 N–H and O–H groups in total. The van der Waals surface area contributed by atoms with Crippen molar-refractivity contribution in [3.05, 3.63) is 59.9 Å². The molecular formula is C23H29FN2O3. The smallest absolute Gasteiger partial charge is 0.224 e. The number of ether oxygens (including phenoxy) is 2. The fraction of sp³-hybridized carbons (Fsp3) is 0.435. The molecule has 0 aliphatic carbocycles. The lowest BCUT2D eigenvalue weighted by Gasteiger charge is -2.32. The van der Waals surface area contributed by atoms with E-state index in [0.29, 0.717) is 6.61 Å². The van der Waals surface area contributed by atoms with Gasteiger partial charge in [-0.05, 0) is 68.3 Å². The van der Waals surface area contributed by atoms with Crippen molar-refractivity contribution < 1.29 is 18.7 Å². The Bertz CT molecular complexity index is 780. The summed E-state index contributed by atoms with van der Waals surface area (Å²) in [5.74, 6) is 1.33. The Labute approximate surface area is 171 Å². The Morgan fingerprint density at radius 2 is 1.86 bits per heavy atom. The van der Waals surface area contributed by atoms with Crippen LogP contribution in [-0.4, -0.2) is 43.7 Å². The molecule has 1 fully saturated rings. The topological polar surface area (TPSA) is 50.8 Å². The molecule has 0 bridgehead atoms. The number of rotatable bonds is 8. The molecule has 0 radical (unpaired) electrons. The number of carbonyl (C=O) groups excluding carboxylic acids is 1. The third-order valence-electron chi connectivity index (χ3n) is 5.14. The van der Waals surface area contributed by atoms with Crippen molar-refractivity contribution in [2.45, 2.75) is 32.4 Å². The normalized spacial score (nSPS) is 18.1. The number of likely N-dealkylation sites (tertiary alicyclic amines) is 1. The molecule has 2 aromatic carbocycles. The van der Waals surface area contributed by atoms with Crippen LogP contribution in [0.15, 0.2) is 48.5 Å². The van der Waals surface area contributed by atoms with E-state index in [4.69, 9.17) is 9.47 Å². The molecule has 1 aliphatic heterocycles. The van der Waals surface area contributed by atoms with E-state index < -0.39 is 0 Å². The van der Waals surface area contributed by atoms with Crippen LogP contribution < -0.4 is 14.8 Å². The number of nitrogens with zero attached hydrogens (tertiary/aromatic N) is 1. The highest BCUT2D eigenvalue weighted by molar-refractivity contribution is 5.79. The standard InChI is InChI=1S/C23H29FN2O3/c1-17(16-29-22-11-9-21(28-2)10-12-22)25-23(27)19-4-3-13-26(15-19)14-18-5-7-20(24)8-6-18/h5-12,17,19H,3-4,13-16H2,1-2H3,(H,25,27)/t17-,19-/m0/s1. The lowest BCUT2D eigenvalue weighted by molar-refractivity contribution is -0.127. The summed E-state index contributed by atoms with van der Waals surface area (Å²) < 4.78 is 24.0. The third-order valence-corrected chi connectivity index (χ3v) is 5.14. The minimum absolute atomic E-state index is 0.0346. The highest BCUT2D eigenvalue weighted by Gasteiger charge is 2.26. The van der Waals surface area contributed by atoms with E-state index in [1.807, 2.05) is 31.2 Å². The summed E-state index contributed by atoms with van der Waals surface area (Å²) in [7, 11) is 1.62. The monoisotopic (exact) mass is 400 g/mol. The fourth-order valence-electron chi connectivity index (χ4n) is 3.56. The number of benzene rings is 2. The van der Waals surface area contributed by atoms with E-state index in [2.05, 4.69) is 10.2 Å². The Hall–Kier alpha value is -2.60. The summed E-state index contributed by atoms with van der Waals surface area (Å²) in [6, 6.07) is 13.9. The first-order valence-corrected chi connectivity index (χ1v) is 10.1. The van der Waals surface area contributed by atoms with Gasteiger partial charge in [0, 0.05) is 13.1 Å². The zero-order valence-corrected chi connectivity index (χ0v) is 17.1. The van der Waals surface area contributed by atoms with Crippen molar-refractivity contribution in [1.29, 1.82) is 0 Å². The maximum atomic E-state index is 13.1. The van der Waals surface area contributed by atoms with Crippen molar-refractivity contribution in [3.63, 3.8) is 0 Å². The number of halogens is 1. The van der Waals surface area contributed by atoms with E-state index >= 15 is 0 Å². The number of carbonyl (C=O) groups is 1. The van der Waals surface area contributed by atoms with Crippen LogP contribution in [0.2, 0.25) is 0 Å². The Kier molecular flexibility index (Phi) is 7.47. The lowest BCUT2D eigenvalue weighted by atomic mass is 9.96. The molecule has 0 aromatic heterocycles. The second-order valence-electron chi connectivity index (χ2n) is 7.60. The van der Waals surface area contributed by atoms with Crippen molar-refractivity contribution >= 4 is 5.91 Å². The van der Waals surface area contributed by atoms with Gasteiger partial charge in [-0.1, -0.05) is 12.1 Å². The van der Waals surface area contributed by atoms with Gasteiger partial charge in [-0.25, -0.2) is 4.39 Å². The highest BCUT2D eigenvalue weighted by atomic mass is 19.1. The summed E-state index contributed by atoms with van der Waals surface area (Å²) in [5.41, 5.74) is 1.06. The molecule has 0 saturated carbocycles. The average Bonchev–Trinajstić information content (AvgIpc) is 2.74. The maximum absolute atomic E-state index is 13.1. The van der Waals surface area contributed by atoms with Crippen LogP contribution >= 0.6 is 0 Å². The Morgan fingerprint density at radius 3 is 2.55 bits per heavy atom. The molecule has 3 rings (SSSR count). The first kappa shape index (κ1) is 21.1. The van der Waals surface area contributed by atoms with Crippen LogP contribution in [0.25, 0.3) is 0 Å². The molecule has 0 unspecified atom stereocenters. The van der Waals surface area contributed by atoms with Crippen molar-refractivity contribution in [2.75, 3.05) is 26.8 Å². The molecule has 2 aromatic rings. The molecule has 1 aliphatic rings. The zero-order valence-electron chi connectivity index (χ0n) is 17.1. The summed E-state index contributed by atoms with van der Waals surface area (Å²) >= 11 is 0. The largest absolute Gasteiger partial charge is 0.497 e. The van der Waals surface area contributed by atoms with Gasteiger partial charge in [0.15, 0.2) is 0 Å². The molecule has 0 spiro atoms. The van der Waals surface area contributed by atoms with Gasteiger partial charge in [0.1, 0.15) is 23.9 Å². The minimum Gasteiger partial charge on any atom is -0.497 e. The first-order chi connectivity index (χ1) is 14.0. The van der Waals surface area contributed by atoms with E-state index in [0.717, 1.165) is 49.5 Å². The van der Waals surface area contributed by atoms with Gasteiger partial charge < -0.3 is 14.8 Å². The van der Waals surface area contributed by atoms with E-state index in [1.54, 1.807) is 19.2 Å². The van der Waals surface area contributed by atoms with Crippen LogP contribution in [0.1, 0.15) is 25.3 Å². The van der Waals surface area contributed by atoms with Gasteiger partial charge in [-0.2, -0.15) is 0 Å². The SMILES string of the molecule is COc1ccc(OC[C@H](C)NC(=O)[C@H]2CCCN(Cc3ccc(F)cc3)C2)cc1. The number of nitrogens with one attached hydrogen (secondary N) is 1. The van der Waals surface area contributed by atoms with Gasteiger partial charge in [0.05, 0.1) is 19.1 Å². The second kappa shape index (κ2) is 10.3. The zero-order chi connectivity index (χ0) is 20.6. The molecule has 1 saturated heterocycles. The molecule has 5 nitrogen and oxygen atoms in total. The number of amides is 1. The van der Waals surface area contributed by atoms with Crippen LogP contribution in [0.5, 0.6) is 11.5 Å². The highest BCUT2D eigenvalue weighted by Crippen LogP contribution is 2.20. The fourth-order valence-corrected chi connectivity index (χ4v) is 3.56. The lowest BCUT2D eigenvalue weighted by Crippen LogP contribution is -2.46. The van der Waals surface area contributed by atoms with Crippen LogP contribution in [0.3, 0.4) is 0 Å². The van der Waals surface area contributed by atoms with Crippen molar-refractivity contribution in [3.8, 4) is 11.5 Å². The van der Waals surface area contributed by atoms with Crippen LogP contribution in [-0.2, 0) is 11.3 Å². The third kappa shape index (κ3) is 6.46. The molecule has 2 atom stereocenters. The van der Waals surface area contributed by atoms with Gasteiger partial charge in [0.2, 0.25) is 5.91 Å². The van der Waals surface area contributed by atoms with Gasteiger partial charge in [0.25, 0.3) is 0 Å². The molecule has 6 heteroatoms. The first-order valence-electron chi connectivity index (χ1n) is 10.1. The predicted molar refractivity (Wildman–Crippen MR) is 110 cm³/mol. The van der Waals surface area contributed by atoms with Crippen LogP contribution in [0, 0.1) is 11.7 Å². The average molecular weight is 400 g/mol. The number of piperidine rings is 1. The molecule has 156 valence electrons. The van der Waals surface area contributed by atoms with Gasteiger partial charge >= 0.3 is 0 Å². The number of hydrogen-bond acceptors (Lipinski definition) is 4. The van der Waals surface area contributed by atoms with E-state index in [-0.39, 0.29) is 23.7 Å². The Balaban J connectivity index is 1.44. The predicted octanol–water partition coefficient (Wildman–Crippen LogP) is 3.63. The summed E-state index contributed by atoms with van der Waals surface area (Å²) in [6.45, 7) is 4.76. The summed E-state index contributed by atoms with van der Waals surface area (Å²) in [4.78, 5) is 14.9. The molecule has 1 heterocycles. The van der Waals surface area contributed by atoms with Gasteiger partial charge in [-0.3, -0.25) is 9.69 Å². The van der Waals surface area contributed by atoms with Crippen molar-refractivity contribution in [2.24, 2.45) is 5.92 Å². The van der Waals surface area contributed by atoms with E-state index in [1.165, 1.54) is 12.1 Å². The number of methoxy groups -OCH3 is 1. The Morgan fingerprint density at radius 1 is 1.17 bits per heavy atom. The quantitative estimate of drug-likeness (QED) is 0.735. The number of hydrogen-bond donors (Lipinski definition) is 1.